The summed E-state index contributed by atoms with van der Waals surface area (Å²) in [6.45, 7) is 11.0. The fourth-order valence-corrected chi connectivity index (χ4v) is 2.37. The first-order valence-electron chi connectivity index (χ1n) is 4.49. The van der Waals surface area contributed by atoms with Crippen molar-refractivity contribution in [2.75, 3.05) is 0 Å². The molecule has 1 nitrogen and oxygen atoms in total. The SMILES string of the molecule is C.C.Cc1nc(C(C)C)c(C(C)C)s1. The van der Waals surface area contributed by atoms with Gasteiger partial charge in [0.15, 0.2) is 0 Å². The molecule has 0 radical (unpaired) electrons. The molecule has 0 aliphatic carbocycles. The molecule has 84 valence electrons. The minimum Gasteiger partial charge on any atom is -0.246 e. The van der Waals surface area contributed by atoms with Crippen LogP contribution in [0.3, 0.4) is 0 Å². The average molecular weight is 215 g/mol. The molecule has 0 spiro atoms. The van der Waals surface area contributed by atoms with Gasteiger partial charge in [0.25, 0.3) is 0 Å². The van der Waals surface area contributed by atoms with E-state index in [-0.39, 0.29) is 14.9 Å². The van der Waals surface area contributed by atoms with Gasteiger partial charge in [-0.05, 0) is 18.8 Å². The first-order valence-corrected chi connectivity index (χ1v) is 5.31. The predicted octanol–water partition coefficient (Wildman–Crippen LogP) is 4.97. The molecule has 0 unspecified atom stereocenters. The molecule has 0 fully saturated rings. The summed E-state index contributed by atoms with van der Waals surface area (Å²) in [5.74, 6) is 1.18. The van der Waals surface area contributed by atoms with Crippen LogP contribution in [0.1, 0.15) is 70.0 Å². The lowest BCUT2D eigenvalue weighted by Crippen LogP contribution is -1.94. The van der Waals surface area contributed by atoms with Gasteiger partial charge in [0, 0.05) is 4.88 Å². The summed E-state index contributed by atoms with van der Waals surface area (Å²) in [6.07, 6.45) is 0. The van der Waals surface area contributed by atoms with Crippen molar-refractivity contribution >= 4 is 11.3 Å². The van der Waals surface area contributed by atoms with E-state index in [9.17, 15) is 0 Å². The molecular formula is C12H25NS. The molecule has 1 aromatic heterocycles. The molecule has 0 bridgehead atoms. The van der Waals surface area contributed by atoms with E-state index in [2.05, 4.69) is 39.6 Å². The van der Waals surface area contributed by atoms with E-state index in [1.807, 2.05) is 11.3 Å². The molecule has 0 N–H and O–H groups in total. The van der Waals surface area contributed by atoms with Gasteiger partial charge in [0.05, 0.1) is 10.7 Å². The van der Waals surface area contributed by atoms with E-state index in [1.165, 1.54) is 15.6 Å². The first-order chi connectivity index (χ1) is 5.52. The summed E-state index contributed by atoms with van der Waals surface area (Å²) in [5, 5.41) is 1.20. The predicted molar refractivity (Wildman–Crippen MR) is 68.5 cm³/mol. The first kappa shape index (κ1) is 16.1. The largest absolute Gasteiger partial charge is 0.246 e. The molecule has 1 heterocycles. The van der Waals surface area contributed by atoms with Gasteiger partial charge in [-0.1, -0.05) is 42.5 Å². The van der Waals surface area contributed by atoms with Crippen LogP contribution in [-0.2, 0) is 0 Å². The third-order valence-electron chi connectivity index (χ3n) is 1.86. The van der Waals surface area contributed by atoms with Crippen LogP contribution in [0.4, 0.5) is 0 Å². The lowest BCUT2D eigenvalue weighted by atomic mass is 10.0. The third kappa shape index (κ3) is 3.41. The van der Waals surface area contributed by atoms with Crippen molar-refractivity contribution in [1.82, 2.24) is 4.98 Å². The monoisotopic (exact) mass is 215 g/mol. The van der Waals surface area contributed by atoms with Crippen molar-refractivity contribution in [3.8, 4) is 0 Å². The Kier molecular flexibility index (Phi) is 7.09. The maximum Gasteiger partial charge on any atom is 0.0900 e. The lowest BCUT2D eigenvalue weighted by Gasteiger charge is -2.07. The van der Waals surface area contributed by atoms with Crippen molar-refractivity contribution in [3.05, 3.63) is 15.6 Å². The van der Waals surface area contributed by atoms with Crippen LogP contribution >= 0.6 is 11.3 Å². The van der Waals surface area contributed by atoms with Gasteiger partial charge in [-0.3, -0.25) is 0 Å². The Morgan fingerprint density at radius 2 is 1.50 bits per heavy atom. The van der Waals surface area contributed by atoms with Crippen molar-refractivity contribution in [2.24, 2.45) is 0 Å². The van der Waals surface area contributed by atoms with Crippen molar-refractivity contribution < 1.29 is 0 Å². The second-order valence-electron chi connectivity index (χ2n) is 3.79. The number of hydrogen-bond donors (Lipinski definition) is 0. The Balaban J connectivity index is 0. The molecule has 2 heteroatoms. The summed E-state index contributed by atoms with van der Waals surface area (Å²) in [4.78, 5) is 6.01. The van der Waals surface area contributed by atoms with Crippen LogP contribution in [0, 0.1) is 6.92 Å². The van der Waals surface area contributed by atoms with Crippen LogP contribution in [-0.4, -0.2) is 4.98 Å². The molecule has 0 amide bonds. The van der Waals surface area contributed by atoms with Crippen LogP contribution in [0.15, 0.2) is 0 Å². The van der Waals surface area contributed by atoms with E-state index in [1.54, 1.807) is 0 Å². The van der Waals surface area contributed by atoms with E-state index >= 15 is 0 Å². The Morgan fingerprint density at radius 1 is 1.00 bits per heavy atom. The van der Waals surface area contributed by atoms with E-state index in [4.69, 9.17) is 0 Å². The molecule has 0 aliphatic rings. The molecule has 0 saturated heterocycles. The summed E-state index contributed by atoms with van der Waals surface area (Å²) in [7, 11) is 0. The number of rotatable bonds is 2. The zero-order valence-corrected chi connectivity index (χ0v) is 9.33. The summed E-state index contributed by atoms with van der Waals surface area (Å²) in [5.41, 5.74) is 1.30. The normalized spacial score (nSPS) is 9.93. The molecule has 0 aliphatic heterocycles. The molecule has 0 aromatic carbocycles. The quantitative estimate of drug-likeness (QED) is 0.678. The van der Waals surface area contributed by atoms with Gasteiger partial charge < -0.3 is 0 Å². The highest BCUT2D eigenvalue weighted by atomic mass is 32.1. The second kappa shape index (κ2) is 6.18. The highest BCUT2D eigenvalue weighted by Crippen LogP contribution is 2.30. The van der Waals surface area contributed by atoms with Gasteiger partial charge in [-0.2, -0.15) is 0 Å². The summed E-state index contributed by atoms with van der Waals surface area (Å²) >= 11 is 1.84. The zero-order valence-electron chi connectivity index (χ0n) is 8.51. The summed E-state index contributed by atoms with van der Waals surface area (Å²) in [6, 6.07) is 0. The van der Waals surface area contributed by atoms with Crippen LogP contribution in [0.2, 0.25) is 0 Å². The van der Waals surface area contributed by atoms with Gasteiger partial charge in [-0.25, -0.2) is 4.98 Å². The van der Waals surface area contributed by atoms with Gasteiger partial charge in [0.1, 0.15) is 0 Å². The molecular weight excluding hydrogens is 190 g/mol. The standard InChI is InChI=1S/C10H17NS.2CH4/c1-6(2)9-10(7(3)4)12-8(5)11-9;;/h6-7H,1-5H3;2*1H4. The van der Waals surface area contributed by atoms with Crippen molar-refractivity contribution in [2.45, 2.75) is 61.3 Å². The van der Waals surface area contributed by atoms with E-state index < -0.39 is 0 Å². The number of thiazole rings is 1. The average Bonchev–Trinajstić information content (AvgIpc) is 2.31. The topological polar surface area (TPSA) is 12.9 Å². The number of nitrogens with zero attached hydrogens (tertiary/aromatic N) is 1. The Hall–Kier alpha value is -0.370. The van der Waals surface area contributed by atoms with Crippen molar-refractivity contribution in [1.29, 1.82) is 0 Å². The minimum atomic E-state index is 0. The zero-order chi connectivity index (χ0) is 9.30. The Morgan fingerprint density at radius 3 is 1.79 bits per heavy atom. The fraction of sp³-hybridized carbons (Fsp3) is 0.750. The van der Waals surface area contributed by atoms with Crippen molar-refractivity contribution in [3.63, 3.8) is 0 Å². The highest BCUT2D eigenvalue weighted by Gasteiger charge is 2.14. The third-order valence-corrected chi connectivity index (χ3v) is 3.15. The van der Waals surface area contributed by atoms with Gasteiger partial charge >= 0.3 is 0 Å². The second-order valence-corrected chi connectivity index (χ2v) is 5.03. The lowest BCUT2D eigenvalue weighted by molar-refractivity contribution is 0.778. The Labute approximate surface area is 93.6 Å². The van der Waals surface area contributed by atoms with Gasteiger partial charge in [0.2, 0.25) is 0 Å². The van der Waals surface area contributed by atoms with E-state index in [0.29, 0.717) is 11.8 Å². The number of aromatic nitrogens is 1. The minimum absolute atomic E-state index is 0. The van der Waals surface area contributed by atoms with Crippen LogP contribution < -0.4 is 0 Å². The fourth-order valence-electron chi connectivity index (χ4n) is 1.29. The van der Waals surface area contributed by atoms with Crippen LogP contribution in [0.5, 0.6) is 0 Å². The molecule has 1 rings (SSSR count). The number of hydrogen-bond acceptors (Lipinski definition) is 2. The molecule has 1 aromatic rings. The molecule has 0 atom stereocenters. The van der Waals surface area contributed by atoms with Gasteiger partial charge in [-0.15, -0.1) is 11.3 Å². The molecule has 0 saturated carbocycles. The maximum atomic E-state index is 4.55. The van der Waals surface area contributed by atoms with Crippen LogP contribution in [0.25, 0.3) is 0 Å². The number of aryl methyl sites for hydroxylation is 1. The summed E-state index contributed by atoms with van der Waals surface area (Å²) < 4.78 is 0. The Bertz CT molecular complexity index is 236. The van der Waals surface area contributed by atoms with E-state index in [0.717, 1.165) is 0 Å². The smallest absolute Gasteiger partial charge is 0.0900 e. The maximum absolute atomic E-state index is 4.55. The highest BCUT2D eigenvalue weighted by molar-refractivity contribution is 7.11. The molecule has 14 heavy (non-hydrogen) atoms.